The lowest BCUT2D eigenvalue weighted by atomic mass is 10.1. The summed E-state index contributed by atoms with van der Waals surface area (Å²) in [4.78, 5) is 0. The fourth-order valence-electron chi connectivity index (χ4n) is 2.19. The molecule has 112 valence electrons. The molecule has 0 fully saturated rings. The van der Waals surface area contributed by atoms with Crippen LogP contribution in [0.4, 0.5) is 0 Å². The second-order valence-electron chi connectivity index (χ2n) is 4.84. The Kier molecular flexibility index (Phi) is 6.37. The molecule has 0 amide bonds. The number of nitrogens with one attached hydrogen (secondary N) is 1. The highest BCUT2D eigenvalue weighted by Crippen LogP contribution is 2.32. The van der Waals surface area contributed by atoms with Crippen molar-refractivity contribution in [2.45, 2.75) is 19.4 Å². The summed E-state index contributed by atoms with van der Waals surface area (Å²) in [6.45, 7) is 1.31. The first-order valence-corrected chi connectivity index (χ1v) is 7.75. The van der Waals surface area contributed by atoms with E-state index in [2.05, 4.69) is 29.6 Å². The van der Waals surface area contributed by atoms with Gasteiger partial charge in [-0.05, 0) is 37.6 Å². The van der Waals surface area contributed by atoms with Gasteiger partial charge >= 0.3 is 0 Å². The first-order chi connectivity index (χ1) is 10.2. The van der Waals surface area contributed by atoms with Crippen molar-refractivity contribution in [3.63, 3.8) is 0 Å². The first kappa shape index (κ1) is 16.2. The number of hydrogen-bond donors (Lipinski definition) is 1. The number of ether oxygens (including phenoxy) is 1. The second kappa shape index (κ2) is 8.28. The van der Waals surface area contributed by atoms with Crippen molar-refractivity contribution >= 4 is 23.2 Å². The van der Waals surface area contributed by atoms with Gasteiger partial charge in [0.15, 0.2) is 0 Å². The molecule has 0 bridgehead atoms. The number of halogens is 2. The van der Waals surface area contributed by atoms with Crippen molar-refractivity contribution in [3.8, 4) is 5.75 Å². The van der Waals surface area contributed by atoms with Crippen LogP contribution in [-0.4, -0.2) is 13.7 Å². The summed E-state index contributed by atoms with van der Waals surface area (Å²) in [5.74, 6) is 0.725. The summed E-state index contributed by atoms with van der Waals surface area (Å²) in [7, 11) is 1.88. The van der Waals surface area contributed by atoms with Gasteiger partial charge in [-0.3, -0.25) is 0 Å². The van der Waals surface area contributed by atoms with E-state index in [9.17, 15) is 0 Å². The van der Waals surface area contributed by atoms with Crippen LogP contribution in [0.5, 0.6) is 5.75 Å². The van der Waals surface area contributed by atoms with E-state index >= 15 is 0 Å². The highest BCUT2D eigenvalue weighted by molar-refractivity contribution is 6.35. The minimum atomic E-state index is 0.562. The Bertz CT molecular complexity index is 573. The van der Waals surface area contributed by atoms with Crippen LogP contribution in [0.3, 0.4) is 0 Å². The summed E-state index contributed by atoms with van der Waals surface area (Å²) in [6.07, 6.45) is 1.94. The van der Waals surface area contributed by atoms with E-state index < -0.39 is 0 Å². The summed E-state index contributed by atoms with van der Waals surface area (Å²) < 4.78 is 5.87. The van der Waals surface area contributed by atoms with Crippen molar-refractivity contribution in [1.29, 1.82) is 0 Å². The lowest BCUT2D eigenvalue weighted by Gasteiger charge is -2.13. The molecular formula is C17H19Cl2NO. The molecule has 2 aromatic rings. The molecule has 0 unspecified atom stereocenters. The molecule has 0 aliphatic heterocycles. The van der Waals surface area contributed by atoms with E-state index in [1.54, 1.807) is 6.07 Å². The van der Waals surface area contributed by atoms with Crippen molar-refractivity contribution in [2.24, 2.45) is 0 Å². The van der Waals surface area contributed by atoms with Gasteiger partial charge in [0, 0.05) is 17.1 Å². The van der Waals surface area contributed by atoms with Crippen molar-refractivity contribution in [3.05, 3.63) is 63.6 Å². The molecule has 0 radical (unpaired) electrons. The Balaban J connectivity index is 1.93. The quantitative estimate of drug-likeness (QED) is 0.744. The highest BCUT2D eigenvalue weighted by atomic mass is 35.5. The Morgan fingerprint density at radius 1 is 1.10 bits per heavy atom. The fourth-order valence-corrected chi connectivity index (χ4v) is 2.78. The zero-order valence-corrected chi connectivity index (χ0v) is 13.5. The van der Waals surface area contributed by atoms with E-state index in [4.69, 9.17) is 27.9 Å². The standard InChI is InChI=1S/C17H19Cl2NO/c1-20-12-14-10-15(18)11-16(19)17(14)21-9-5-8-13-6-3-2-4-7-13/h2-4,6-7,10-11,20H,5,8-9,12H2,1H3. The van der Waals surface area contributed by atoms with Crippen LogP contribution >= 0.6 is 23.2 Å². The first-order valence-electron chi connectivity index (χ1n) is 7.00. The maximum Gasteiger partial charge on any atom is 0.142 e. The third kappa shape index (κ3) is 4.92. The molecule has 0 saturated heterocycles. The van der Waals surface area contributed by atoms with Crippen LogP contribution in [0.1, 0.15) is 17.5 Å². The molecule has 0 saturated carbocycles. The maximum atomic E-state index is 6.23. The molecule has 21 heavy (non-hydrogen) atoms. The van der Waals surface area contributed by atoms with E-state index in [0.717, 1.165) is 24.2 Å². The number of benzene rings is 2. The van der Waals surface area contributed by atoms with E-state index in [0.29, 0.717) is 23.2 Å². The molecule has 0 spiro atoms. The van der Waals surface area contributed by atoms with Crippen LogP contribution in [0.25, 0.3) is 0 Å². The zero-order valence-electron chi connectivity index (χ0n) is 12.0. The smallest absolute Gasteiger partial charge is 0.142 e. The van der Waals surface area contributed by atoms with Crippen LogP contribution in [0.2, 0.25) is 10.0 Å². The molecule has 4 heteroatoms. The molecule has 1 N–H and O–H groups in total. The van der Waals surface area contributed by atoms with Crippen molar-refractivity contribution in [2.75, 3.05) is 13.7 Å². The monoisotopic (exact) mass is 323 g/mol. The topological polar surface area (TPSA) is 21.3 Å². The van der Waals surface area contributed by atoms with Gasteiger partial charge in [0.1, 0.15) is 5.75 Å². The van der Waals surface area contributed by atoms with Gasteiger partial charge in [0.25, 0.3) is 0 Å². The lowest BCUT2D eigenvalue weighted by molar-refractivity contribution is 0.307. The third-order valence-corrected chi connectivity index (χ3v) is 3.65. The SMILES string of the molecule is CNCc1cc(Cl)cc(Cl)c1OCCCc1ccccc1. The summed E-state index contributed by atoms with van der Waals surface area (Å²) >= 11 is 12.3. The molecule has 0 heterocycles. The Morgan fingerprint density at radius 2 is 1.86 bits per heavy atom. The lowest BCUT2D eigenvalue weighted by Crippen LogP contribution is -2.09. The third-order valence-electron chi connectivity index (χ3n) is 3.15. The van der Waals surface area contributed by atoms with E-state index in [-0.39, 0.29) is 0 Å². The molecule has 0 aromatic heterocycles. The van der Waals surface area contributed by atoms with Gasteiger partial charge in [-0.25, -0.2) is 0 Å². The average molecular weight is 324 g/mol. The summed E-state index contributed by atoms with van der Waals surface area (Å²) in [5, 5.41) is 4.29. The van der Waals surface area contributed by atoms with Gasteiger partial charge in [-0.15, -0.1) is 0 Å². The molecule has 2 rings (SSSR count). The minimum Gasteiger partial charge on any atom is -0.492 e. The summed E-state index contributed by atoms with van der Waals surface area (Å²) in [6, 6.07) is 14.0. The van der Waals surface area contributed by atoms with Gasteiger partial charge in [-0.1, -0.05) is 53.5 Å². The maximum absolute atomic E-state index is 6.23. The molecule has 2 aromatic carbocycles. The van der Waals surface area contributed by atoms with Crippen molar-refractivity contribution < 1.29 is 4.74 Å². The molecule has 0 aliphatic rings. The predicted octanol–water partition coefficient (Wildman–Crippen LogP) is 4.72. The predicted molar refractivity (Wildman–Crippen MR) is 89.5 cm³/mol. The molecule has 0 aliphatic carbocycles. The van der Waals surface area contributed by atoms with Crippen LogP contribution in [-0.2, 0) is 13.0 Å². The number of hydrogen-bond acceptors (Lipinski definition) is 2. The number of rotatable bonds is 7. The van der Waals surface area contributed by atoms with E-state index in [1.807, 2.05) is 19.2 Å². The zero-order chi connectivity index (χ0) is 15.1. The average Bonchev–Trinajstić information content (AvgIpc) is 2.47. The van der Waals surface area contributed by atoms with E-state index in [1.165, 1.54) is 5.56 Å². The van der Waals surface area contributed by atoms with Gasteiger partial charge in [0.2, 0.25) is 0 Å². The van der Waals surface area contributed by atoms with Crippen LogP contribution in [0.15, 0.2) is 42.5 Å². The summed E-state index contributed by atoms with van der Waals surface area (Å²) in [5.41, 5.74) is 2.30. The number of aryl methyl sites for hydroxylation is 1. The van der Waals surface area contributed by atoms with Gasteiger partial charge < -0.3 is 10.1 Å². The Labute approximate surface area is 136 Å². The normalized spacial score (nSPS) is 10.6. The largest absolute Gasteiger partial charge is 0.492 e. The highest BCUT2D eigenvalue weighted by Gasteiger charge is 2.10. The Hall–Kier alpha value is -1.22. The van der Waals surface area contributed by atoms with Crippen molar-refractivity contribution in [1.82, 2.24) is 5.32 Å². The second-order valence-corrected chi connectivity index (χ2v) is 5.69. The van der Waals surface area contributed by atoms with Crippen LogP contribution in [0, 0.1) is 0 Å². The van der Waals surface area contributed by atoms with Crippen LogP contribution < -0.4 is 10.1 Å². The fraction of sp³-hybridized carbons (Fsp3) is 0.294. The molecule has 2 nitrogen and oxygen atoms in total. The molecule has 0 atom stereocenters. The Morgan fingerprint density at radius 3 is 2.57 bits per heavy atom. The van der Waals surface area contributed by atoms with Gasteiger partial charge in [-0.2, -0.15) is 0 Å². The minimum absolute atomic E-state index is 0.562. The molecular weight excluding hydrogens is 305 g/mol. The van der Waals surface area contributed by atoms with Gasteiger partial charge in [0.05, 0.1) is 11.6 Å².